The number of benzene rings is 4. The fourth-order valence-corrected chi connectivity index (χ4v) is 3.29. The summed E-state index contributed by atoms with van der Waals surface area (Å²) in [5, 5.41) is 3.54. The summed E-state index contributed by atoms with van der Waals surface area (Å²) in [4.78, 5) is 0. The molecule has 3 nitrogen and oxygen atoms in total. The summed E-state index contributed by atoms with van der Waals surface area (Å²) in [7, 11) is 0. The number of para-hydroxylation sites is 1. The Balaban J connectivity index is 1.92. The fourth-order valence-electron chi connectivity index (χ4n) is 3.29. The molecule has 0 radical (unpaired) electrons. The van der Waals surface area contributed by atoms with Crippen molar-refractivity contribution in [1.29, 1.82) is 0 Å². The Kier molecular flexibility index (Phi) is 4.50. The number of nitrogens with one attached hydrogen (secondary N) is 1. The number of hydrogen-bond donors (Lipinski definition) is 3. The van der Waals surface area contributed by atoms with Crippen LogP contribution in [0.2, 0.25) is 0 Å². The van der Waals surface area contributed by atoms with Crippen LogP contribution in [-0.2, 0) is 0 Å². The van der Waals surface area contributed by atoms with Crippen LogP contribution in [0.5, 0.6) is 0 Å². The average Bonchev–Trinajstić information content (AvgIpc) is 2.69. The molecule has 0 saturated heterocycles. The molecule has 0 aliphatic carbocycles. The molecule has 4 aromatic rings. The van der Waals surface area contributed by atoms with E-state index in [1.807, 2.05) is 54.6 Å². The summed E-state index contributed by atoms with van der Waals surface area (Å²) in [6, 6.07) is 32.3. The smallest absolute Gasteiger partial charge is 0.0470 e. The molecular weight excluding hydrogens is 330 g/mol. The van der Waals surface area contributed by atoms with E-state index in [-0.39, 0.29) is 0 Å². The zero-order valence-corrected chi connectivity index (χ0v) is 14.9. The summed E-state index contributed by atoms with van der Waals surface area (Å²) in [6.45, 7) is 0. The second-order valence-electron chi connectivity index (χ2n) is 6.47. The lowest BCUT2D eigenvalue weighted by Crippen LogP contribution is -1.96. The maximum Gasteiger partial charge on any atom is 0.0470 e. The molecule has 132 valence electrons. The summed E-state index contributed by atoms with van der Waals surface area (Å²) in [5.74, 6) is 0. The molecule has 0 fully saturated rings. The molecule has 0 spiro atoms. The Labute approximate surface area is 159 Å². The van der Waals surface area contributed by atoms with Crippen LogP contribution in [0.4, 0.5) is 22.7 Å². The van der Waals surface area contributed by atoms with Crippen molar-refractivity contribution in [3.63, 3.8) is 0 Å². The van der Waals surface area contributed by atoms with E-state index >= 15 is 0 Å². The Hall–Kier alpha value is -3.72. The van der Waals surface area contributed by atoms with E-state index in [1.165, 1.54) is 0 Å². The van der Waals surface area contributed by atoms with E-state index < -0.39 is 0 Å². The van der Waals surface area contributed by atoms with Gasteiger partial charge in [0.1, 0.15) is 0 Å². The molecule has 0 unspecified atom stereocenters. The lowest BCUT2D eigenvalue weighted by Gasteiger charge is -2.18. The van der Waals surface area contributed by atoms with E-state index in [9.17, 15) is 0 Å². The van der Waals surface area contributed by atoms with Gasteiger partial charge in [-0.15, -0.1) is 0 Å². The normalized spacial score (nSPS) is 10.5. The average molecular weight is 351 g/mol. The number of rotatable bonds is 4. The number of hydrogen-bond acceptors (Lipinski definition) is 3. The molecule has 0 saturated carbocycles. The van der Waals surface area contributed by atoms with Gasteiger partial charge in [-0.05, 0) is 59.2 Å². The first-order valence-corrected chi connectivity index (χ1v) is 8.87. The monoisotopic (exact) mass is 351 g/mol. The van der Waals surface area contributed by atoms with Gasteiger partial charge in [0.05, 0.1) is 0 Å². The minimum absolute atomic E-state index is 0.737. The van der Waals surface area contributed by atoms with Gasteiger partial charge in [0.25, 0.3) is 0 Å². The molecule has 0 heterocycles. The SMILES string of the molecule is Nc1cccc(-c2cccc(Nc3ccccc3)c2-c2cccc(N)c2)c1. The van der Waals surface area contributed by atoms with Crippen LogP contribution >= 0.6 is 0 Å². The van der Waals surface area contributed by atoms with E-state index in [0.29, 0.717) is 0 Å². The number of nitrogen functional groups attached to an aromatic ring is 2. The van der Waals surface area contributed by atoms with Crippen molar-refractivity contribution in [2.45, 2.75) is 0 Å². The highest BCUT2D eigenvalue weighted by Gasteiger charge is 2.13. The molecule has 27 heavy (non-hydrogen) atoms. The molecule has 0 amide bonds. The van der Waals surface area contributed by atoms with Gasteiger partial charge in [-0.2, -0.15) is 0 Å². The molecule has 4 aromatic carbocycles. The first kappa shape index (κ1) is 16.7. The molecule has 0 aliphatic rings. The van der Waals surface area contributed by atoms with Crippen molar-refractivity contribution in [3.05, 3.63) is 97.1 Å². The second-order valence-corrected chi connectivity index (χ2v) is 6.47. The van der Waals surface area contributed by atoms with E-state index in [4.69, 9.17) is 11.5 Å². The van der Waals surface area contributed by atoms with Gasteiger partial charge in [0.2, 0.25) is 0 Å². The van der Waals surface area contributed by atoms with Crippen LogP contribution in [0.15, 0.2) is 97.1 Å². The minimum atomic E-state index is 0.737. The summed E-state index contributed by atoms with van der Waals surface area (Å²) in [5.41, 5.74) is 20.0. The van der Waals surface area contributed by atoms with E-state index in [1.54, 1.807) is 0 Å². The van der Waals surface area contributed by atoms with E-state index in [0.717, 1.165) is 45.0 Å². The number of anilines is 4. The largest absolute Gasteiger partial charge is 0.399 e. The van der Waals surface area contributed by atoms with Gasteiger partial charge in [-0.25, -0.2) is 0 Å². The third-order valence-electron chi connectivity index (χ3n) is 4.49. The quantitative estimate of drug-likeness (QED) is 0.399. The Bertz CT molecular complexity index is 1070. The predicted octanol–water partition coefficient (Wildman–Crippen LogP) is 5.93. The zero-order valence-electron chi connectivity index (χ0n) is 14.9. The summed E-state index contributed by atoms with van der Waals surface area (Å²) < 4.78 is 0. The summed E-state index contributed by atoms with van der Waals surface area (Å²) >= 11 is 0. The van der Waals surface area contributed by atoms with Crippen LogP contribution in [0.3, 0.4) is 0 Å². The van der Waals surface area contributed by atoms with Crippen LogP contribution < -0.4 is 16.8 Å². The first-order valence-electron chi connectivity index (χ1n) is 8.87. The molecule has 0 aliphatic heterocycles. The van der Waals surface area contributed by atoms with E-state index in [2.05, 4.69) is 47.8 Å². The van der Waals surface area contributed by atoms with Crippen LogP contribution in [0, 0.1) is 0 Å². The van der Waals surface area contributed by atoms with Crippen molar-refractivity contribution >= 4 is 22.7 Å². The van der Waals surface area contributed by atoms with Gasteiger partial charge in [-0.1, -0.05) is 54.6 Å². The highest BCUT2D eigenvalue weighted by molar-refractivity contribution is 5.94. The predicted molar refractivity (Wildman–Crippen MR) is 116 cm³/mol. The van der Waals surface area contributed by atoms with Crippen LogP contribution in [-0.4, -0.2) is 0 Å². The van der Waals surface area contributed by atoms with Gasteiger partial charge in [0, 0.05) is 28.3 Å². The first-order chi connectivity index (χ1) is 13.2. The molecule has 4 rings (SSSR count). The van der Waals surface area contributed by atoms with Crippen molar-refractivity contribution in [1.82, 2.24) is 0 Å². The minimum Gasteiger partial charge on any atom is -0.399 e. The molecular formula is C24H21N3. The fraction of sp³-hybridized carbons (Fsp3) is 0. The summed E-state index contributed by atoms with van der Waals surface area (Å²) in [6.07, 6.45) is 0. The molecule has 5 N–H and O–H groups in total. The standard InChI is InChI=1S/C24H21N3/c25-19-9-4-7-17(15-19)22-13-6-14-23(27-21-11-2-1-3-12-21)24(22)18-8-5-10-20(26)16-18/h1-16,27H,25-26H2. The molecule has 0 atom stereocenters. The highest BCUT2D eigenvalue weighted by atomic mass is 14.9. The molecule has 0 aromatic heterocycles. The maximum absolute atomic E-state index is 6.07. The van der Waals surface area contributed by atoms with Gasteiger partial charge >= 0.3 is 0 Å². The Morgan fingerprint density at radius 2 is 1.19 bits per heavy atom. The number of nitrogens with two attached hydrogens (primary N) is 2. The highest BCUT2D eigenvalue weighted by Crippen LogP contribution is 2.40. The molecule has 3 heteroatoms. The van der Waals surface area contributed by atoms with Gasteiger partial charge < -0.3 is 16.8 Å². The topological polar surface area (TPSA) is 64.1 Å². The van der Waals surface area contributed by atoms with Crippen molar-refractivity contribution in [2.24, 2.45) is 0 Å². The van der Waals surface area contributed by atoms with Crippen molar-refractivity contribution < 1.29 is 0 Å². The van der Waals surface area contributed by atoms with Gasteiger partial charge in [-0.3, -0.25) is 0 Å². The Morgan fingerprint density at radius 1 is 0.556 bits per heavy atom. The maximum atomic E-state index is 6.07. The third-order valence-corrected chi connectivity index (χ3v) is 4.49. The van der Waals surface area contributed by atoms with Crippen LogP contribution in [0.1, 0.15) is 0 Å². The third kappa shape index (κ3) is 3.62. The lowest BCUT2D eigenvalue weighted by atomic mass is 9.92. The van der Waals surface area contributed by atoms with Crippen molar-refractivity contribution in [3.8, 4) is 22.3 Å². The Morgan fingerprint density at radius 3 is 1.89 bits per heavy atom. The van der Waals surface area contributed by atoms with Gasteiger partial charge in [0.15, 0.2) is 0 Å². The van der Waals surface area contributed by atoms with Crippen molar-refractivity contribution in [2.75, 3.05) is 16.8 Å². The zero-order chi connectivity index (χ0) is 18.6. The lowest BCUT2D eigenvalue weighted by molar-refractivity contribution is 1.52. The second kappa shape index (κ2) is 7.26. The molecule has 0 bridgehead atoms. The van der Waals surface area contributed by atoms with Crippen LogP contribution in [0.25, 0.3) is 22.3 Å².